The van der Waals surface area contributed by atoms with Gasteiger partial charge in [-0.1, -0.05) is 42.2 Å². The summed E-state index contributed by atoms with van der Waals surface area (Å²) in [6.07, 6.45) is 2.63. The third kappa shape index (κ3) is 3.54. The quantitative estimate of drug-likeness (QED) is 0.459. The Morgan fingerprint density at radius 1 is 1.03 bits per heavy atom. The van der Waals surface area contributed by atoms with Gasteiger partial charge < -0.3 is 4.74 Å². The fourth-order valence-corrected chi connectivity index (χ4v) is 4.83. The van der Waals surface area contributed by atoms with Crippen LogP contribution in [0.1, 0.15) is 44.5 Å². The van der Waals surface area contributed by atoms with E-state index < -0.39 is 0 Å². The molecule has 0 saturated carbocycles. The number of hydrogen-bond donors (Lipinski definition) is 0. The van der Waals surface area contributed by atoms with E-state index >= 15 is 0 Å². The zero-order valence-electron chi connectivity index (χ0n) is 16.8. The van der Waals surface area contributed by atoms with Crippen molar-refractivity contribution in [2.24, 2.45) is 0 Å². The molecule has 1 aromatic carbocycles. The molecule has 1 aliphatic rings. The first kappa shape index (κ1) is 18.7. The van der Waals surface area contributed by atoms with E-state index in [4.69, 9.17) is 4.74 Å². The van der Waals surface area contributed by atoms with Crippen LogP contribution in [0.3, 0.4) is 0 Å². The molecule has 4 aromatic rings. The van der Waals surface area contributed by atoms with Crippen molar-refractivity contribution in [2.45, 2.75) is 33.5 Å². The number of pyridine rings is 1. The van der Waals surface area contributed by atoms with Crippen LogP contribution in [0.15, 0.2) is 48.7 Å². The first-order chi connectivity index (χ1) is 14.7. The van der Waals surface area contributed by atoms with E-state index in [1.54, 1.807) is 11.3 Å². The van der Waals surface area contributed by atoms with Crippen LogP contribution in [0.4, 0.5) is 0 Å². The van der Waals surface area contributed by atoms with Gasteiger partial charge in [0.15, 0.2) is 5.82 Å². The largest absolute Gasteiger partial charge is 0.369 e. The van der Waals surface area contributed by atoms with Crippen molar-refractivity contribution in [2.75, 3.05) is 0 Å². The summed E-state index contributed by atoms with van der Waals surface area (Å²) in [6, 6.07) is 14.5. The summed E-state index contributed by atoms with van der Waals surface area (Å²) >= 11 is 1.69. The fourth-order valence-electron chi connectivity index (χ4n) is 3.58. The van der Waals surface area contributed by atoms with Gasteiger partial charge in [0.1, 0.15) is 17.4 Å². The Balaban J connectivity index is 1.65. The molecule has 3 aromatic heterocycles. The van der Waals surface area contributed by atoms with Crippen LogP contribution < -0.4 is 0 Å². The molecular weight excluding hydrogens is 392 g/mol. The molecule has 0 atom stereocenters. The zero-order chi connectivity index (χ0) is 20.5. The molecule has 0 radical (unpaired) electrons. The fraction of sp³-hybridized carbons (Fsp3) is 0.208. The highest BCUT2D eigenvalue weighted by Crippen LogP contribution is 2.36. The molecule has 0 amide bonds. The van der Waals surface area contributed by atoms with Gasteiger partial charge in [-0.3, -0.25) is 9.55 Å². The van der Waals surface area contributed by atoms with E-state index in [0.717, 1.165) is 39.2 Å². The monoisotopic (exact) mass is 412 g/mol. The lowest BCUT2D eigenvalue weighted by atomic mass is 10.0. The third-order valence-corrected chi connectivity index (χ3v) is 6.30. The van der Waals surface area contributed by atoms with Crippen LogP contribution >= 0.6 is 11.3 Å². The second-order valence-corrected chi connectivity index (χ2v) is 8.28. The summed E-state index contributed by atoms with van der Waals surface area (Å²) in [6.45, 7) is 4.96. The number of thiophene rings is 1. The number of rotatable bonds is 2. The van der Waals surface area contributed by atoms with Gasteiger partial charge in [0.05, 0.1) is 11.5 Å². The molecule has 0 N–H and O–H groups in total. The molecular formula is C24H20N4OS. The maximum Gasteiger partial charge on any atom is 0.164 e. The molecule has 1 aliphatic heterocycles. The lowest BCUT2D eigenvalue weighted by molar-refractivity contribution is 0.104. The molecule has 0 spiro atoms. The van der Waals surface area contributed by atoms with Crippen LogP contribution in [0.2, 0.25) is 0 Å². The number of nitrogens with zero attached hydrogens (tertiary/aromatic N) is 4. The topological polar surface area (TPSA) is 52.8 Å². The van der Waals surface area contributed by atoms with Crippen molar-refractivity contribution in [1.29, 1.82) is 0 Å². The molecule has 4 heterocycles. The number of hydrogen-bond acceptors (Lipinski definition) is 5. The molecule has 148 valence electrons. The van der Waals surface area contributed by atoms with Gasteiger partial charge in [-0.15, -0.1) is 21.5 Å². The summed E-state index contributed by atoms with van der Waals surface area (Å²) < 4.78 is 8.06. The highest BCUT2D eigenvalue weighted by atomic mass is 32.1. The van der Waals surface area contributed by atoms with Crippen molar-refractivity contribution in [3.63, 3.8) is 0 Å². The van der Waals surface area contributed by atoms with Crippen LogP contribution in [-0.2, 0) is 24.4 Å². The lowest BCUT2D eigenvalue weighted by Gasteiger charge is -2.06. The van der Waals surface area contributed by atoms with E-state index in [9.17, 15) is 0 Å². The maximum atomic E-state index is 5.95. The Morgan fingerprint density at radius 3 is 2.70 bits per heavy atom. The molecule has 5 rings (SSSR count). The molecule has 0 unspecified atom stereocenters. The second-order valence-electron chi connectivity index (χ2n) is 7.29. The summed E-state index contributed by atoms with van der Waals surface area (Å²) in [7, 11) is 0. The van der Waals surface area contributed by atoms with Crippen LogP contribution in [0, 0.1) is 25.7 Å². The van der Waals surface area contributed by atoms with Gasteiger partial charge in [0.25, 0.3) is 0 Å². The lowest BCUT2D eigenvalue weighted by Crippen LogP contribution is -2.00. The van der Waals surface area contributed by atoms with Gasteiger partial charge >= 0.3 is 0 Å². The Labute approximate surface area is 179 Å². The highest BCUT2D eigenvalue weighted by Gasteiger charge is 2.25. The summed E-state index contributed by atoms with van der Waals surface area (Å²) in [5.41, 5.74) is 5.54. The van der Waals surface area contributed by atoms with Crippen molar-refractivity contribution >= 4 is 11.3 Å². The normalized spacial score (nSPS) is 12.5. The first-order valence-corrected chi connectivity index (χ1v) is 10.6. The maximum absolute atomic E-state index is 5.95. The molecule has 30 heavy (non-hydrogen) atoms. The average molecular weight is 413 g/mol. The first-order valence-electron chi connectivity index (χ1n) is 9.81. The third-order valence-electron chi connectivity index (χ3n) is 5.12. The van der Waals surface area contributed by atoms with E-state index in [1.807, 2.05) is 38.2 Å². The van der Waals surface area contributed by atoms with E-state index in [1.165, 1.54) is 16.7 Å². The van der Waals surface area contributed by atoms with Crippen LogP contribution in [0.25, 0.3) is 5.00 Å². The summed E-state index contributed by atoms with van der Waals surface area (Å²) in [5, 5.41) is 9.66. The number of ether oxygens (including phenoxy) is 1. The van der Waals surface area contributed by atoms with Crippen molar-refractivity contribution in [3.05, 3.63) is 93.1 Å². The molecule has 0 saturated heterocycles. The Kier molecular flexibility index (Phi) is 4.91. The standard InChI is InChI=1S/C24H20N4OS/c1-16-8-9-19(13-25-16)10-11-22-20(12-18-6-4-3-5-7-18)21-14-29-15-23-27-26-17(2)28(23)24(21)30-22/h3-9,13H,12,14-15H2,1-2H3. The number of fused-ring (bicyclic) bond motifs is 3. The number of aromatic nitrogens is 4. The van der Waals surface area contributed by atoms with E-state index in [0.29, 0.717) is 13.2 Å². The van der Waals surface area contributed by atoms with Crippen molar-refractivity contribution in [1.82, 2.24) is 19.7 Å². The SMILES string of the molecule is Cc1ccc(C#Cc2sc3c(c2Cc2ccccc2)COCc2nnc(C)n2-3)cn1. The van der Waals surface area contributed by atoms with E-state index in [2.05, 4.69) is 55.9 Å². The Bertz CT molecular complexity index is 1260. The van der Waals surface area contributed by atoms with Gasteiger partial charge in [-0.25, -0.2) is 0 Å². The van der Waals surface area contributed by atoms with Gasteiger partial charge in [-0.2, -0.15) is 0 Å². The predicted octanol–water partition coefficient (Wildman–Crippen LogP) is 4.36. The van der Waals surface area contributed by atoms with Crippen LogP contribution in [0.5, 0.6) is 0 Å². The minimum Gasteiger partial charge on any atom is -0.369 e. The second kappa shape index (κ2) is 7.86. The zero-order valence-corrected chi connectivity index (χ0v) is 17.7. The molecule has 0 aliphatic carbocycles. The van der Waals surface area contributed by atoms with Crippen LogP contribution in [-0.4, -0.2) is 19.7 Å². The highest BCUT2D eigenvalue weighted by molar-refractivity contribution is 7.15. The van der Waals surface area contributed by atoms with Crippen molar-refractivity contribution < 1.29 is 4.74 Å². The number of aryl methyl sites for hydroxylation is 2. The predicted molar refractivity (Wildman–Crippen MR) is 117 cm³/mol. The molecule has 0 bridgehead atoms. The molecule has 6 heteroatoms. The number of benzene rings is 1. The smallest absolute Gasteiger partial charge is 0.164 e. The molecule has 0 fully saturated rings. The summed E-state index contributed by atoms with van der Waals surface area (Å²) in [5.74, 6) is 8.40. The molecule has 5 nitrogen and oxygen atoms in total. The Hall–Kier alpha value is -3.27. The van der Waals surface area contributed by atoms with Crippen molar-refractivity contribution in [3.8, 4) is 16.8 Å². The Morgan fingerprint density at radius 2 is 1.90 bits per heavy atom. The van der Waals surface area contributed by atoms with E-state index in [-0.39, 0.29) is 0 Å². The minimum atomic E-state index is 0.461. The summed E-state index contributed by atoms with van der Waals surface area (Å²) in [4.78, 5) is 5.40. The van der Waals surface area contributed by atoms with Gasteiger partial charge in [-0.05, 0) is 43.5 Å². The van der Waals surface area contributed by atoms with Gasteiger partial charge in [0.2, 0.25) is 0 Å². The van der Waals surface area contributed by atoms with Gasteiger partial charge in [0, 0.05) is 23.0 Å². The minimum absolute atomic E-state index is 0.461. The average Bonchev–Trinajstić information content (AvgIpc) is 3.22.